The third-order valence-corrected chi connectivity index (χ3v) is 3.72. The van der Waals surface area contributed by atoms with Gasteiger partial charge < -0.3 is 10.0 Å². The van der Waals surface area contributed by atoms with E-state index in [1.54, 1.807) is 9.58 Å². The molecule has 1 N–H and O–H groups in total. The Morgan fingerprint density at radius 2 is 2.10 bits per heavy atom. The van der Waals surface area contributed by atoms with Crippen molar-refractivity contribution < 1.29 is 14.7 Å². The van der Waals surface area contributed by atoms with Crippen molar-refractivity contribution in [2.75, 3.05) is 13.1 Å². The van der Waals surface area contributed by atoms with Gasteiger partial charge in [0.1, 0.15) is 6.54 Å². The Balaban J connectivity index is 2.20. The third kappa shape index (κ3) is 2.69. The molecule has 1 aromatic heterocycles. The summed E-state index contributed by atoms with van der Waals surface area (Å²) in [5.41, 5.74) is 1.84. The zero-order chi connectivity index (χ0) is 14.7. The van der Waals surface area contributed by atoms with Gasteiger partial charge in [-0.15, -0.1) is 0 Å². The van der Waals surface area contributed by atoms with E-state index in [2.05, 4.69) is 5.10 Å². The molecule has 0 spiro atoms. The number of carboxylic acid groups (broad SMARTS) is 1. The second-order valence-electron chi connectivity index (χ2n) is 5.06. The fourth-order valence-electron chi connectivity index (χ4n) is 2.77. The van der Waals surface area contributed by atoms with E-state index in [0.29, 0.717) is 6.54 Å². The van der Waals surface area contributed by atoms with Crippen molar-refractivity contribution in [1.82, 2.24) is 14.7 Å². The molecule has 0 saturated heterocycles. The number of rotatable bonds is 6. The molecule has 6 heteroatoms. The molecule has 110 valence electrons. The third-order valence-electron chi connectivity index (χ3n) is 3.72. The van der Waals surface area contributed by atoms with Crippen molar-refractivity contribution in [1.29, 1.82) is 0 Å². The molecule has 1 aliphatic carbocycles. The van der Waals surface area contributed by atoms with Gasteiger partial charge in [-0.25, -0.2) is 4.79 Å². The summed E-state index contributed by atoms with van der Waals surface area (Å²) in [4.78, 5) is 25.2. The number of hydrogen-bond acceptors (Lipinski definition) is 3. The van der Waals surface area contributed by atoms with Crippen molar-refractivity contribution in [3.8, 4) is 0 Å². The quantitative estimate of drug-likeness (QED) is 0.852. The highest BCUT2D eigenvalue weighted by atomic mass is 16.4. The SMILES string of the molecule is CCCN(CC)C(=O)Cn1nc(C(=O)O)c2c1CCC2. The average molecular weight is 279 g/mol. The number of carbonyl (C=O) groups is 2. The number of carbonyl (C=O) groups excluding carboxylic acids is 1. The maximum Gasteiger partial charge on any atom is 0.356 e. The normalized spacial score (nSPS) is 13.3. The summed E-state index contributed by atoms with van der Waals surface area (Å²) in [6, 6.07) is 0. The lowest BCUT2D eigenvalue weighted by Gasteiger charge is -2.20. The van der Waals surface area contributed by atoms with Crippen LogP contribution in [0.3, 0.4) is 0 Å². The van der Waals surface area contributed by atoms with Gasteiger partial charge in [0.15, 0.2) is 5.69 Å². The molecule has 0 atom stereocenters. The molecule has 0 radical (unpaired) electrons. The van der Waals surface area contributed by atoms with Crippen LogP contribution >= 0.6 is 0 Å². The highest BCUT2D eigenvalue weighted by Gasteiger charge is 2.27. The highest BCUT2D eigenvalue weighted by molar-refractivity contribution is 5.87. The minimum Gasteiger partial charge on any atom is -0.476 e. The second-order valence-corrected chi connectivity index (χ2v) is 5.06. The van der Waals surface area contributed by atoms with Crippen molar-refractivity contribution in [3.05, 3.63) is 17.0 Å². The predicted molar refractivity (Wildman–Crippen MR) is 73.8 cm³/mol. The fourth-order valence-corrected chi connectivity index (χ4v) is 2.77. The summed E-state index contributed by atoms with van der Waals surface area (Å²) in [6.07, 6.45) is 3.41. The molecule has 20 heavy (non-hydrogen) atoms. The second kappa shape index (κ2) is 6.07. The molecule has 1 amide bonds. The predicted octanol–water partition coefficient (Wildman–Crippen LogP) is 1.33. The molecule has 2 rings (SSSR count). The van der Waals surface area contributed by atoms with Crippen LogP contribution in [0.25, 0.3) is 0 Å². The van der Waals surface area contributed by atoms with Crippen LogP contribution in [0.4, 0.5) is 0 Å². The maximum absolute atomic E-state index is 12.2. The Labute approximate surface area is 118 Å². The first-order chi connectivity index (χ1) is 9.58. The minimum atomic E-state index is -1.00. The van der Waals surface area contributed by atoms with Gasteiger partial charge in [0.05, 0.1) is 0 Å². The first-order valence-electron chi connectivity index (χ1n) is 7.18. The Morgan fingerprint density at radius 3 is 2.70 bits per heavy atom. The van der Waals surface area contributed by atoms with Gasteiger partial charge in [0, 0.05) is 24.3 Å². The van der Waals surface area contributed by atoms with Crippen LogP contribution in [0.1, 0.15) is 48.4 Å². The Morgan fingerprint density at radius 1 is 1.35 bits per heavy atom. The van der Waals surface area contributed by atoms with Crippen molar-refractivity contribution in [3.63, 3.8) is 0 Å². The summed E-state index contributed by atoms with van der Waals surface area (Å²) in [7, 11) is 0. The molecular weight excluding hydrogens is 258 g/mol. The smallest absolute Gasteiger partial charge is 0.356 e. The van der Waals surface area contributed by atoms with Gasteiger partial charge in [-0.05, 0) is 32.6 Å². The topological polar surface area (TPSA) is 75.4 Å². The minimum absolute atomic E-state index is 0.00323. The van der Waals surface area contributed by atoms with Gasteiger partial charge in [0.2, 0.25) is 5.91 Å². The van der Waals surface area contributed by atoms with E-state index in [4.69, 9.17) is 5.11 Å². The molecule has 0 fully saturated rings. The molecule has 6 nitrogen and oxygen atoms in total. The van der Waals surface area contributed by atoms with Crippen LogP contribution in [0.5, 0.6) is 0 Å². The number of hydrogen-bond donors (Lipinski definition) is 1. The number of aromatic nitrogens is 2. The van der Waals surface area contributed by atoms with Gasteiger partial charge in [-0.2, -0.15) is 5.10 Å². The lowest BCUT2D eigenvalue weighted by Crippen LogP contribution is -2.34. The first kappa shape index (κ1) is 14.6. The van der Waals surface area contributed by atoms with E-state index in [1.807, 2.05) is 13.8 Å². The van der Waals surface area contributed by atoms with E-state index in [0.717, 1.165) is 43.5 Å². The van der Waals surface area contributed by atoms with Crippen LogP contribution in [0.2, 0.25) is 0 Å². The number of aromatic carboxylic acids is 1. The lowest BCUT2D eigenvalue weighted by atomic mass is 10.2. The standard InChI is InChI=1S/C14H21N3O3/c1-3-8-16(4-2)12(18)9-17-11-7-5-6-10(11)13(15-17)14(19)20/h3-9H2,1-2H3,(H,19,20). The molecule has 0 bridgehead atoms. The van der Waals surface area contributed by atoms with E-state index < -0.39 is 5.97 Å². The monoisotopic (exact) mass is 279 g/mol. The van der Waals surface area contributed by atoms with Crippen LogP contribution in [0, 0.1) is 0 Å². The number of nitrogens with zero attached hydrogens (tertiary/aromatic N) is 3. The fraction of sp³-hybridized carbons (Fsp3) is 0.643. The maximum atomic E-state index is 12.2. The lowest BCUT2D eigenvalue weighted by molar-refractivity contribution is -0.131. The summed E-state index contributed by atoms with van der Waals surface area (Å²) >= 11 is 0. The summed E-state index contributed by atoms with van der Waals surface area (Å²) in [5, 5.41) is 13.3. The summed E-state index contributed by atoms with van der Waals surface area (Å²) in [6.45, 7) is 5.52. The number of carboxylic acids is 1. The van der Waals surface area contributed by atoms with Crippen LogP contribution in [-0.2, 0) is 24.2 Å². The van der Waals surface area contributed by atoms with Crippen LogP contribution < -0.4 is 0 Å². The van der Waals surface area contributed by atoms with E-state index in [9.17, 15) is 9.59 Å². The Hall–Kier alpha value is -1.85. The number of fused-ring (bicyclic) bond motifs is 1. The van der Waals surface area contributed by atoms with E-state index in [-0.39, 0.29) is 18.1 Å². The van der Waals surface area contributed by atoms with Crippen molar-refractivity contribution in [2.24, 2.45) is 0 Å². The molecular formula is C14H21N3O3. The molecule has 1 heterocycles. The van der Waals surface area contributed by atoms with Gasteiger partial charge in [0.25, 0.3) is 0 Å². The molecule has 1 aliphatic rings. The van der Waals surface area contributed by atoms with Crippen molar-refractivity contribution >= 4 is 11.9 Å². The van der Waals surface area contributed by atoms with Gasteiger partial charge in [-0.3, -0.25) is 9.48 Å². The van der Waals surface area contributed by atoms with Crippen LogP contribution in [-0.4, -0.2) is 44.8 Å². The number of amides is 1. The molecule has 0 aromatic carbocycles. The zero-order valence-corrected chi connectivity index (χ0v) is 12.1. The van der Waals surface area contributed by atoms with E-state index >= 15 is 0 Å². The molecule has 0 saturated carbocycles. The van der Waals surface area contributed by atoms with Gasteiger partial charge in [-0.1, -0.05) is 6.92 Å². The van der Waals surface area contributed by atoms with Crippen molar-refractivity contribution in [2.45, 2.75) is 46.1 Å². The summed E-state index contributed by atoms with van der Waals surface area (Å²) < 4.78 is 1.59. The first-order valence-corrected chi connectivity index (χ1v) is 7.18. The summed E-state index contributed by atoms with van der Waals surface area (Å²) in [5.74, 6) is -1.00. The van der Waals surface area contributed by atoms with Crippen LogP contribution in [0.15, 0.2) is 0 Å². The molecule has 0 unspecified atom stereocenters. The highest BCUT2D eigenvalue weighted by Crippen LogP contribution is 2.25. The van der Waals surface area contributed by atoms with Gasteiger partial charge >= 0.3 is 5.97 Å². The Kier molecular flexibility index (Phi) is 4.42. The Bertz CT molecular complexity index is 522. The van der Waals surface area contributed by atoms with E-state index in [1.165, 1.54) is 0 Å². The number of likely N-dealkylation sites (N-methyl/N-ethyl adjacent to an activating group) is 1. The average Bonchev–Trinajstić information content (AvgIpc) is 2.99. The molecule has 0 aliphatic heterocycles. The molecule has 1 aromatic rings. The largest absolute Gasteiger partial charge is 0.476 e. The zero-order valence-electron chi connectivity index (χ0n) is 12.1.